The van der Waals surface area contributed by atoms with Gasteiger partial charge in [-0.1, -0.05) is 43.3 Å². The van der Waals surface area contributed by atoms with Crippen LogP contribution < -0.4 is 10.0 Å². The molecule has 0 fully saturated rings. The third-order valence-corrected chi connectivity index (χ3v) is 5.00. The highest BCUT2D eigenvalue weighted by Gasteiger charge is 2.17. The molecule has 0 radical (unpaired) electrons. The first-order valence-corrected chi connectivity index (χ1v) is 8.85. The molecule has 5 nitrogen and oxygen atoms in total. The van der Waals surface area contributed by atoms with Gasteiger partial charge in [-0.3, -0.25) is 4.79 Å². The van der Waals surface area contributed by atoms with Gasteiger partial charge in [-0.15, -0.1) is 0 Å². The summed E-state index contributed by atoms with van der Waals surface area (Å²) in [5.74, 6) is -0.297. The van der Waals surface area contributed by atoms with Gasteiger partial charge >= 0.3 is 0 Å². The van der Waals surface area contributed by atoms with E-state index in [1.54, 1.807) is 12.1 Å². The molecule has 2 N–H and O–H groups in total. The van der Waals surface area contributed by atoms with Crippen molar-refractivity contribution in [2.24, 2.45) is 0 Å². The summed E-state index contributed by atoms with van der Waals surface area (Å²) in [5, 5.41) is 2.94. The van der Waals surface area contributed by atoms with Crippen LogP contribution in [0.1, 0.15) is 35.3 Å². The molecule has 0 aliphatic rings. The first-order chi connectivity index (χ1) is 11.0. The van der Waals surface area contributed by atoms with Crippen LogP contribution in [0, 0.1) is 0 Å². The third kappa shape index (κ3) is 4.18. The maximum Gasteiger partial charge on any atom is 0.251 e. The maximum atomic E-state index is 12.4. The van der Waals surface area contributed by atoms with Crippen LogP contribution in [0.25, 0.3) is 0 Å². The van der Waals surface area contributed by atoms with E-state index in [-0.39, 0.29) is 16.8 Å². The van der Waals surface area contributed by atoms with Gasteiger partial charge in [0.1, 0.15) is 0 Å². The summed E-state index contributed by atoms with van der Waals surface area (Å²) in [6, 6.07) is 15.5. The molecule has 6 heteroatoms. The number of sulfonamides is 1. The Bertz CT molecular complexity index is 773. The average Bonchev–Trinajstić information content (AvgIpc) is 2.60. The fourth-order valence-corrected chi connectivity index (χ4v) is 3.05. The first-order valence-electron chi connectivity index (χ1n) is 7.37. The Hall–Kier alpha value is -2.18. The molecule has 0 saturated carbocycles. The van der Waals surface area contributed by atoms with Crippen LogP contribution in [0.3, 0.4) is 0 Å². The molecule has 0 aliphatic heterocycles. The lowest BCUT2D eigenvalue weighted by molar-refractivity contribution is 0.0935. The molecule has 1 amide bonds. The molecule has 0 aromatic heterocycles. The number of hydrogen-bond acceptors (Lipinski definition) is 3. The molecular formula is C17H20N2O3S. The van der Waals surface area contributed by atoms with Crippen LogP contribution in [0.4, 0.5) is 0 Å². The van der Waals surface area contributed by atoms with Crippen LogP contribution in [0.5, 0.6) is 0 Å². The van der Waals surface area contributed by atoms with Crippen molar-refractivity contribution in [3.05, 3.63) is 65.7 Å². The molecule has 2 aromatic carbocycles. The van der Waals surface area contributed by atoms with Gasteiger partial charge < -0.3 is 5.32 Å². The van der Waals surface area contributed by atoms with Gasteiger partial charge in [0.05, 0.1) is 10.9 Å². The van der Waals surface area contributed by atoms with E-state index >= 15 is 0 Å². The Kier molecular flexibility index (Phi) is 5.52. The zero-order valence-corrected chi connectivity index (χ0v) is 13.9. The maximum absolute atomic E-state index is 12.4. The van der Waals surface area contributed by atoms with Crippen LogP contribution in [-0.4, -0.2) is 21.4 Å². The van der Waals surface area contributed by atoms with E-state index in [9.17, 15) is 13.2 Å². The van der Waals surface area contributed by atoms with E-state index in [0.29, 0.717) is 5.56 Å². The fraction of sp³-hybridized carbons (Fsp3) is 0.235. The Morgan fingerprint density at radius 3 is 2.39 bits per heavy atom. The number of carbonyl (C=O) groups is 1. The summed E-state index contributed by atoms with van der Waals surface area (Å²) in [5.41, 5.74) is 1.33. The van der Waals surface area contributed by atoms with E-state index < -0.39 is 10.0 Å². The highest BCUT2D eigenvalue weighted by atomic mass is 32.2. The number of benzene rings is 2. The lowest BCUT2D eigenvalue weighted by Crippen LogP contribution is -2.28. The molecule has 1 atom stereocenters. The topological polar surface area (TPSA) is 75.3 Å². The minimum absolute atomic E-state index is 0.0698. The molecule has 122 valence electrons. The van der Waals surface area contributed by atoms with Crippen LogP contribution in [0.15, 0.2) is 59.5 Å². The van der Waals surface area contributed by atoms with Gasteiger partial charge in [0.25, 0.3) is 5.91 Å². The van der Waals surface area contributed by atoms with Crippen molar-refractivity contribution in [3.8, 4) is 0 Å². The van der Waals surface area contributed by atoms with Gasteiger partial charge in [-0.05, 0) is 37.2 Å². The Morgan fingerprint density at radius 2 is 1.78 bits per heavy atom. The second kappa shape index (κ2) is 7.39. The number of amides is 1. The molecular weight excluding hydrogens is 312 g/mol. The van der Waals surface area contributed by atoms with E-state index in [1.165, 1.54) is 19.2 Å². The predicted octanol–water partition coefficient (Wildman–Crippen LogP) is 2.48. The van der Waals surface area contributed by atoms with Crippen molar-refractivity contribution in [2.75, 3.05) is 7.05 Å². The minimum Gasteiger partial charge on any atom is -0.345 e. The smallest absolute Gasteiger partial charge is 0.251 e. The van der Waals surface area contributed by atoms with E-state index in [2.05, 4.69) is 10.0 Å². The summed E-state index contributed by atoms with van der Waals surface area (Å²) in [4.78, 5) is 12.5. The quantitative estimate of drug-likeness (QED) is 0.853. The van der Waals surface area contributed by atoms with Crippen molar-refractivity contribution in [3.63, 3.8) is 0 Å². The number of hydrogen-bond donors (Lipinski definition) is 2. The second-order valence-electron chi connectivity index (χ2n) is 5.08. The van der Waals surface area contributed by atoms with Gasteiger partial charge in [0.15, 0.2) is 0 Å². The molecule has 0 aliphatic carbocycles. The molecule has 0 saturated heterocycles. The van der Waals surface area contributed by atoms with Crippen molar-refractivity contribution in [1.29, 1.82) is 0 Å². The molecule has 0 unspecified atom stereocenters. The van der Waals surface area contributed by atoms with E-state index in [1.807, 2.05) is 37.3 Å². The van der Waals surface area contributed by atoms with Gasteiger partial charge in [0, 0.05) is 5.56 Å². The summed E-state index contributed by atoms with van der Waals surface area (Å²) in [7, 11) is -2.23. The van der Waals surface area contributed by atoms with Crippen molar-refractivity contribution in [1.82, 2.24) is 10.0 Å². The van der Waals surface area contributed by atoms with Crippen molar-refractivity contribution >= 4 is 15.9 Å². The lowest BCUT2D eigenvalue weighted by Gasteiger charge is -2.17. The second-order valence-corrected chi connectivity index (χ2v) is 6.97. The molecule has 2 aromatic rings. The standard InChI is InChI=1S/C17H20N2O3S/c1-3-16(13-8-5-4-6-9-13)19-17(20)14-10-7-11-15(12-14)23(21,22)18-2/h4-12,16,18H,3H2,1-2H3,(H,19,20)/t16-/m1/s1. The van der Waals surface area contributed by atoms with Gasteiger partial charge in [0.2, 0.25) is 10.0 Å². The lowest BCUT2D eigenvalue weighted by atomic mass is 10.0. The largest absolute Gasteiger partial charge is 0.345 e. The molecule has 0 bridgehead atoms. The summed E-state index contributed by atoms with van der Waals surface area (Å²) < 4.78 is 25.9. The van der Waals surface area contributed by atoms with Gasteiger partial charge in [-0.2, -0.15) is 0 Å². The highest BCUT2D eigenvalue weighted by molar-refractivity contribution is 7.89. The minimum atomic E-state index is -3.57. The molecule has 0 spiro atoms. The number of carbonyl (C=O) groups excluding carboxylic acids is 1. The summed E-state index contributed by atoms with van der Waals surface area (Å²) >= 11 is 0. The van der Waals surface area contributed by atoms with E-state index in [0.717, 1.165) is 12.0 Å². The zero-order chi connectivity index (χ0) is 16.9. The highest BCUT2D eigenvalue weighted by Crippen LogP contribution is 2.18. The summed E-state index contributed by atoms with van der Waals surface area (Å²) in [6.07, 6.45) is 0.740. The third-order valence-electron chi connectivity index (χ3n) is 3.59. The molecule has 0 heterocycles. The van der Waals surface area contributed by atoms with Gasteiger partial charge in [-0.25, -0.2) is 13.1 Å². The average molecular weight is 332 g/mol. The SMILES string of the molecule is CC[C@@H](NC(=O)c1cccc(S(=O)(=O)NC)c1)c1ccccc1. The fourth-order valence-electron chi connectivity index (χ4n) is 2.27. The molecule has 2 rings (SSSR count). The Morgan fingerprint density at radius 1 is 1.09 bits per heavy atom. The van der Waals surface area contributed by atoms with Crippen LogP contribution in [0.2, 0.25) is 0 Å². The van der Waals surface area contributed by atoms with Crippen molar-refractivity contribution < 1.29 is 13.2 Å². The van der Waals surface area contributed by atoms with Crippen LogP contribution >= 0.6 is 0 Å². The Labute approximate surface area is 136 Å². The first kappa shape index (κ1) is 17.2. The van der Waals surface area contributed by atoms with Crippen molar-refractivity contribution in [2.45, 2.75) is 24.3 Å². The van der Waals surface area contributed by atoms with E-state index in [4.69, 9.17) is 0 Å². The number of nitrogens with one attached hydrogen (secondary N) is 2. The zero-order valence-electron chi connectivity index (χ0n) is 13.1. The normalized spacial score (nSPS) is 12.6. The summed E-state index contributed by atoms with van der Waals surface area (Å²) in [6.45, 7) is 1.99. The monoisotopic (exact) mass is 332 g/mol. The number of rotatable bonds is 6. The predicted molar refractivity (Wildman–Crippen MR) is 89.6 cm³/mol. The Balaban J connectivity index is 2.22. The van der Waals surface area contributed by atoms with Crippen LogP contribution in [-0.2, 0) is 10.0 Å². The molecule has 23 heavy (non-hydrogen) atoms.